The van der Waals surface area contributed by atoms with Crippen LogP contribution in [0.5, 0.6) is 11.5 Å². The van der Waals surface area contributed by atoms with E-state index < -0.39 is 0 Å². The third-order valence-electron chi connectivity index (χ3n) is 3.17. The van der Waals surface area contributed by atoms with E-state index in [2.05, 4.69) is 15.3 Å². The largest absolute Gasteiger partial charge is 0.493 e. The lowest BCUT2D eigenvalue weighted by molar-refractivity contribution is 0.107. The van der Waals surface area contributed by atoms with Crippen molar-refractivity contribution in [3.8, 4) is 22.9 Å². The number of halogens is 1. The van der Waals surface area contributed by atoms with Crippen LogP contribution in [0, 0.1) is 0 Å². The minimum absolute atomic E-state index is 0.0641. The predicted molar refractivity (Wildman–Crippen MR) is 94.6 cm³/mol. The predicted octanol–water partition coefficient (Wildman–Crippen LogP) is 4.02. The normalized spacial score (nSPS) is 11.0. The van der Waals surface area contributed by atoms with E-state index in [1.54, 1.807) is 23.5 Å². The Hall–Kier alpha value is -2.58. The highest BCUT2D eigenvalue weighted by Crippen LogP contribution is 2.35. The van der Waals surface area contributed by atoms with Gasteiger partial charge in [-0.25, -0.2) is 0 Å². The van der Waals surface area contributed by atoms with Crippen LogP contribution < -0.4 is 9.47 Å². The average Bonchev–Trinajstić information content (AvgIpc) is 3.29. The number of ether oxygens (including phenoxy) is 2. The summed E-state index contributed by atoms with van der Waals surface area (Å²) in [5.74, 6) is 1.84. The zero-order chi connectivity index (χ0) is 17.6. The fourth-order valence-corrected chi connectivity index (χ4v) is 2.96. The molecule has 0 atom stereocenters. The fourth-order valence-electron chi connectivity index (χ4n) is 2.03. The van der Waals surface area contributed by atoms with Crippen molar-refractivity contribution >= 4 is 29.2 Å². The van der Waals surface area contributed by atoms with Gasteiger partial charge in [0, 0.05) is 16.5 Å². The molecule has 0 saturated heterocycles. The van der Waals surface area contributed by atoms with Gasteiger partial charge >= 0.3 is 0 Å². The first-order valence-electron chi connectivity index (χ1n) is 7.13. The van der Waals surface area contributed by atoms with Gasteiger partial charge in [-0.05, 0) is 23.6 Å². The summed E-state index contributed by atoms with van der Waals surface area (Å²) in [4.78, 5) is 9.42. The van der Waals surface area contributed by atoms with Crippen LogP contribution >= 0.6 is 22.9 Å². The number of methoxy groups -OCH3 is 2. The van der Waals surface area contributed by atoms with Crippen LogP contribution in [0.4, 0.5) is 0 Å². The Morgan fingerprint density at radius 2 is 2.20 bits per heavy atom. The second-order valence-electron chi connectivity index (χ2n) is 4.77. The smallest absolute Gasteiger partial charge is 0.267 e. The lowest BCUT2D eigenvalue weighted by Gasteiger charge is -2.09. The van der Waals surface area contributed by atoms with Gasteiger partial charge in [-0.2, -0.15) is 16.3 Å². The van der Waals surface area contributed by atoms with Crippen molar-refractivity contribution in [3.05, 3.63) is 45.4 Å². The number of nitrogens with zero attached hydrogens (tertiary/aromatic N) is 3. The van der Waals surface area contributed by atoms with E-state index in [0.717, 1.165) is 5.56 Å². The van der Waals surface area contributed by atoms with Crippen molar-refractivity contribution in [1.82, 2.24) is 10.1 Å². The van der Waals surface area contributed by atoms with Crippen molar-refractivity contribution in [2.75, 3.05) is 14.2 Å². The van der Waals surface area contributed by atoms with Crippen molar-refractivity contribution in [2.24, 2.45) is 5.16 Å². The zero-order valence-corrected chi connectivity index (χ0v) is 15.0. The van der Waals surface area contributed by atoms with Gasteiger partial charge in [0.25, 0.3) is 5.89 Å². The standard InChI is InChI=1S/C16H14ClN3O4S/c1-21-13-6-10(5-12(17)15(13)22-2)7-18-23-8-14-19-16(20-24-14)11-3-4-25-9-11/h3-7,9H,8H2,1-2H3/b18-7-. The topological polar surface area (TPSA) is 79.0 Å². The molecule has 0 amide bonds. The summed E-state index contributed by atoms with van der Waals surface area (Å²) in [5.41, 5.74) is 1.61. The number of aromatic nitrogens is 2. The van der Waals surface area contributed by atoms with E-state index in [9.17, 15) is 0 Å². The molecule has 7 nitrogen and oxygen atoms in total. The average molecular weight is 380 g/mol. The Morgan fingerprint density at radius 3 is 2.92 bits per heavy atom. The van der Waals surface area contributed by atoms with Gasteiger partial charge in [-0.1, -0.05) is 21.9 Å². The van der Waals surface area contributed by atoms with Crippen LogP contribution in [-0.4, -0.2) is 30.6 Å². The van der Waals surface area contributed by atoms with E-state index in [1.807, 2.05) is 16.8 Å². The van der Waals surface area contributed by atoms with E-state index in [0.29, 0.717) is 33.8 Å². The van der Waals surface area contributed by atoms with E-state index in [-0.39, 0.29) is 6.61 Å². The molecule has 130 valence electrons. The minimum Gasteiger partial charge on any atom is -0.493 e. The molecule has 2 aromatic heterocycles. The van der Waals surface area contributed by atoms with Gasteiger partial charge in [0.2, 0.25) is 5.82 Å². The van der Waals surface area contributed by atoms with Crippen molar-refractivity contribution in [1.29, 1.82) is 0 Å². The zero-order valence-electron chi connectivity index (χ0n) is 13.4. The lowest BCUT2D eigenvalue weighted by atomic mass is 10.2. The summed E-state index contributed by atoms with van der Waals surface area (Å²) >= 11 is 7.70. The number of rotatable bonds is 7. The van der Waals surface area contributed by atoms with Gasteiger partial charge in [0.15, 0.2) is 18.1 Å². The van der Waals surface area contributed by atoms with E-state index in [1.165, 1.54) is 20.4 Å². The third-order valence-corrected chi connectivity index (χ3v) is 4.13. The van der Waals surface area contributed by atoms with Gasteiger partial charge in [-0.15, -0.1) is 0 Å². The molecule has 0 bridgehead atoms. The molecule has 0 N–H and O–H groups in total. The monoisotopic (exact) mass is 379 g/mol. The summed E-state index contributed by atoms with van der Waals surface area (Å²) in [7, 11) is 3.06. The molecule has 9 heteroatoms. The van der Waals surface area contributed by atoms with Crippen molar-refractivity contribution < 1.29 is 18.8 Å². The first-order chi connectivity index (χ1) is 12.2. The highest BCUT2D eigenvalue weighted by atomic mass is 35.5. The van der Waals surface area contributed by atoms with E-state index in [4.69, 9.17) is 30.4 Å². The summed E-state index contributed by atoms with van der Waals surface area (Å²) in [5, 5.41) is 12.1. The molecule has 3 rings (SSSR count). The summed E-state index contributed by atoms with van der Waals surface area (Å²) < 4.78 is 15.5. The first-order valence-corrected chi connectivity index (χ1v) is 8.45. The number of hydrogen-bond acceptors (Lipinski definition) is 8. The molecule has 0 fully saturated rings. The molecule has 0 radical (unpaired) electrons. The third kappa shape index (κ3) is 4.09. The van der Waals surface area contributed by atoms with Gasteiger partial charge < -0.3 is 18.8 Å². The van der Waals surface area contributed by atoms with Crippen LogP contribution in [0.25, 0.3) is 11.4 Å². The summed E-state index contributed by atoms with van der Waals surface area (Å²) in [6, 6.07) is 5.34. The van der Waals surface area contributed by atoms with Crippen LogP contribution in [-0.2, 0) is 11.4 Å². The van der Waals surface area contributed by atoms with Gasteiger partial charge in [-0.3, -0.25) is 0 Å². The molecule has 0 spiro atoms. The molecule has 0 aliphatic rings. The maximum absolute atomic E-state index is 6.13. The molecular formula is C16H14ClN3O4S. The molecule has 0 saturated carbocycles. The molecule has 0 aliphatic carbocycles. The van der Waals surface area contributed by atoms with E-state index >= 15 is 0 Å². The Kier molecular flexibility index (Phi) is 5.52. The molecule has 25 heavy (non-hydrogen) atoms. The molecule has 3 aromatic rings. The second kappa shape index (κ2) is 8.00. The second-order valence-corrected chi connectivity index (χ2v) is 5.96. The van der Waals surface area contributed by atoms with Crippen molar-refractivity contribution in [2.45, 2.75) is 6.61 Å². The Morgan fingerprint density at radius 1 is 1.32 bits per heavy atom. The van der Waals surface area contributed by atoms with Gasteiger partial charge in [0.1, 0.15) is 0 Å². The minimum atomic E-state index is 0.0641. The Balaban J connectivity index is 1.61. The Labute approximate surface area is 152 Å². The summed E-state index contributed by atoms with van der Waals surface area (Å²) in [6.45, 7) is 0.0641. The molecule has 0 aliphatic heterocycles. The number of oxime groups is 1. The Bertz CT molecular complexity index is 864. The van der Waals surface area contributed by atoms with Crippen LogP contribution in [0.3, 0.4) is 0 Å². The number of benzene rings is 1. The SMILES string of the molecule is COc1cc(/C=N\OCc2nc(-c3ccsc3)no2)cc(Cl)c1OC. The van der Waals surface area contributed by atoms with Crippen LogP contribution in [0.15, 0.2) is 38.6 Å². The maximum atomic E-state index is 6.13. The maximum Gasteiger partial charge on any atom is 0.267 e. The number of hydrogen-bond donors (Lipinski definition) is 0. The highest BCUT2D eigenvalue weighted by Gasteiger charge is 2.11. The highest BCUT2D eigenvalue weighted by molar-refractivity contribution is 7.08. The number of thiophene rings is 1. The first kappa shape index (κ1) is 17.2. The molecule has 2 heterocycles. The van der Waals surface area contributed by atoms with Gasteiger partial charge in [0.05, 0.1) is 25.5 Å². The lowest BCUT2D eigenvalue weighted by Crippen LogP contribution is -1.94. The van der Waals surface area contributed by atoms with Crippen molar-refractivity contribution in [3.63, 3.8) is 0 Å². The summed E-state index contributed by atoms with van der Waals surface area (Å²) in [6.07, 6.45) is 1.50. The van der Waals surface area contributed by atoms with Crippen LogP contribution in [0.2, 0.25) is 5.02 Å². The van der Waals surface area contributed by atoms with Crippen LogP contribution in [0.1, 0.15) is 11.5 Å². The molecule has 0 unspecified atom stereocenters. The fraction of sp³-hybridized carbons (Fsp3) is 0.188. The quantitative estimate of drug-likeness (QED) is 0.455. The molecule has 1 aromatic carbocycles. The molecular weight excluding hydrogens is 366 g/mol.